The molecule has 0 bridgehead atoms. The minimum absolute atomic E-state index is 0.0240. The van der Waals surface area contributed by atoms with Gasteiger partial charge in [-0.2, -0.15) is 0 Å². The van der Waals surface area contributed by atoms with E-state index in [0.29, 0.717) is 11.4 Å². The molecule has 2 amide bonds. The Labute approximate surface area is 170 Å². The standard InChI is InChI=1S/C20H25N3O5S/c1-14(2)22-19(24)13-21-20(25)15-9-11-16(12-10-15)29(26,27)23(3)17-7-5-6-8-18(17)28-4/h5-12,14H,13H2,1-4H3,(H,21,25)(H,22,24). The van der Waals surface area contributed by atoms with Gasteiger partial charge in [0.2, 0.25) is 5.91 Å². The lowest BCUT2D eigenvalue weighted by atomic mass is 10.2. The molecule has 156 valence electrons. The summed E-state index contributed by atoms with van der Waals surface area (Å²) in [4.78, 5) is 23.8. The normalized spacial score (nSPS) is 11.1. The fourth-order valence-corrected chi connectivity index (χ4v) is 3.80. The van der Waals surface area contributed by atoms with E-state index in [4.69, 9.17) is 4.74 Å². The van der Waals surface area contributed by atoms with Crippen molar-refractivity contribution >= 4 is 27.5 Å². The molecular formula is C20H25N3O5S. The Morgan fingerprint density at radius 2 is 1.69 bits per heavy atom. The summed E-state index contributed by atoms with van der Waals surface area (Å²) in [5, 5.41) is 5.17. The Hall–Kier alpha value is -3.07. The number of nitrogens with one attached hydrogen (secondary N) is 2. The highest BCUT2D eigenvalue weighted by Gasteiger charge is 2.24. The number of carbonyl (C=O) groups excluding carboxylic acids is 2. The molecule has 2 aromatic rings. The van der Waals surface area contributed by atoms with E-state index in [9.17, 15) is 18.0 Å². The van der Waals surface area contributed by atoms with Gasteiger partial charge in [0.25, 0.3) is 15.9 Å². The first-order valence-corrected chi connectivity index (χ1v) is 10.4. The monoisotopic (exact) mass is 419 g/mol. The number of para-hydroxylation sites is 2. The van der Waals surface area contributed by atoms with Crippen LogP contribution in [-0.2, 0) is 14.8 Å². The van der Waals surface area contributed by atoms with Gasteiger partial charge in [0, 0.05) is 18.7 Å². The molecule has 29 heavy (non-hydrogen) atoms. The number of nitrogens with zero attached hydrogens (tertiary/aromatic N) is 1. The quantitative estimate of drug-likeness (QED) is 0.679. The molecule has 2 N–H and O–H groups in total. The summed E-state index contributed by atoms with van der Waals surface area (Å²) in [6.45, 7) is 3.48. The molecule has 0 aliphatic rings. The number of carbonyl (C=O) groups is 2. The van der Waals surface area contributed by atoms with Crippen LogP contribution in [0.5, 0.6) is 5.75 Å². The van der Waals surface area contributed by atoms with Gasteiger partial charge in [-0.1, -0.05) is 12.1 Å². The van der Waals surface area contributed by atoms with Crippen LogP contribution in [0.15, 0.2) is 53.4 Å². The molecule has 0 atom stereocenters. The third-order valence-electron chi connectivity index (χ3n) is 4.06. The number of rotatable bonds is 8. The largest absolute Gasteiger partial charge is 0.495 e. The third-order valence-corrected chi connectivity index (χ3v) is 5.84. The topological polar surface area (TPSA) is 105 Å². The van der Waals surface area contributed by atoms with Crippen molar-refractivity contribution in [3.63, 3.8) is 0 Å². The van der Waals surface area contributed by atoms with Gasteiger partial charge < -0.3 is 15.4 Å². The van der Waals surface area contributed by atoms with Crippen molar-refractivity contribution < 1.29 is 22.7 Å². The summed E-state index contributed by atoms with van der Waals surface area (Å²) in [6, 6.07) is 12.3. The van der Waals surface area contributed by atoms with Gasteiger partial charge in [0.05, 0.1) is 24.2 Å². The lowest BCUT2D eigenvalue weighted by molar-refractivity contribution is -0.120. The van der Waals surface area contributed by atoms with Gasteiger partial charge in [0.15, 0.2) is 0 Å². The zero-order valence-electron chi connectivity index (χ0n) is 16.8. The van der Waals surface area contributed by atoms with E-state index in [-0.39, 0.29) is 29.0 Å². The molecule has 0 heterocycles. The van der Waals surface area contributed by atoms with Crippen LogP contribution in [0.2, 0.25) is 0 Å². The van der Waals surface area contributed by atoms with Crippen molar-refractivity contribution in [1.29, 1.82) is 0 Å². The number of sulfonamides is 1. The van der Waals surface area contributed by atoms with Gasteiger partial charge >= 0.3 is 0 Å². The number of benzene rings is 2. The molecule has 0 aromatic heterocycles. The van der Waals surface area contributed by atoms with Crippen LogP contribution in [0.4, 0.5) is 5.69 Å². The smallest absolute Gasteiger partial charge is 0.264 e. The van der Waals surface area contributed by atoms with Gasteiger partial charge in [-0.3, -0.25) is 13.9 Å². The summed E-state index contributed by atoms with van der Waals surface area (Å²) < 4.78 is 32.2. The third kappa shape index (κ3) is 5.47. The average molecular weight is 420 g/mol. The molecule has 0 fully saturated rings. The van der Waals surface area contributed by atoms with E-state index in [0.717, 1.165) is 4.31 Å². The zero-order chi connectivity index (χ0) is 21.6. The van der Waals surface area contributed by atoms with Gasteiger partial charge in [0.1, 0.15) is 5.75 Å². The van der Waals surface area contributed by atoms with Crippen LogP contribution in [0.25, 0.3) is 0 Å². The van der Waals surface area contributed by atoms with E-state index in [1.165, 1.54) is 38.4 Å². The molecule has 9 heteroatoms. The minimum Gasteiger partial charge on any atom is -0.495 e. The summed E-state index contributed by atoms with van der Waals surface area (Å²) in [5.41, 5.74) is 0.647. The maximum absolute atomic E-state index is 12.9. The van der Waals surface area contributed by atoms with Crippen molar-refractivity contribution in [3.05, 3.63) is 54.1 Å². The Balaban J connectivity index is 2.14. The lowest BCUT2D eigenvalue weighted by Gasteiger charge is -2.21. The number of anilines is 1. The van der Waals surface area contributed by atoms with Gasteiger partial charge in [-0.25, -0.2) is 8.42 Å². The molecule has 0 aliphatic carbocycles. The summed E-state index contributed by atoms with van der Waals surface area (Å²) in [7, 11) is -0.951. The molecule has 2 aromatic carbocycles. The van der Waals surface area contributed by atoms with Crippen LogP contribution in [0, 0.1) is 0 Å². The predicted molar refractivity (Wildman–Crippen MR) is 111 cm³/mol. The highest BCUT2D eigenvalue weighted by atomic mass is 32.2. The SMILES string of the molecule is COc1ccccc1N(C)S(=O)(=O)c1ccc(C(=O)NCC(=O)NC(C)C)cc1. The highest BCUT2D eigenvalue weighted by Crippen LogP contribution is 2.30. The summed E-state index contributed by atoms with van der Waals surface area (Å²) in [5.74, 6) is -0.342. The molecular weight excluding hydrogens is 394 g/mol. The Morgan fingerprint density at radius 1 is 1.07 bits per heavy atom. The fraction of sp³-hybridized carbons (Fsp3) is 0.300. The van der Waals surface area contributed by atoms with Gasteiger partial charge in [-0.05, 0) is 50.2 Å². The number of hydrogen-bond acceptors (Lipinski definition) is 5. The first kappa shape index (κ1) is 22.2. The van der Waals surface area contributed by atoms with Crippen molar-refractivity contribution in [1.82, 2.24) is 10.6 Å². The molecule has 0 unspecified atom stereocenters. The molecule has 2 rings (SSSR count). The second-order valence-electron chi connectivity index (χ2n) is 6.57. The van der Waals surface area contributed by atoms with Crippen molar-refractivity contribution in [2.24, 2.45) is 0 Å². The first-order valence-electron chi connectivity index (χ1n) is 8.96. The van der Waals surface area contributed by atoms with Crippen molar-refractivity contribution in [2.75, 3.05) is 25.0 Å². The molecule has 0 spiro atoms. The Bertz CT molecular complexity index is 972. The number of methoxy groups -OCH3 is 1. The van der Waals surface area contributed by atoms with E-state index in [1.807, 2.05) is 13.8 Å². The van der Waals surface area contributed by atoms with E-state index in [1.54, 1.807) is 24.3 Å². The van der Waals surface area contributed by atoms with E-state index in [2.05, 4.69) is 10.6 Å². The highest BCUT2D eigenvalue weighted by molar-refractivity contribution is 7.92. The zero-order valence-corrected chi connectivity index (χ0v) is 17.6. The first-order chi connectivity index (χ1) is 13.7. The minimum atomic E-state index is -3.85. The lowest BCUT2D eigenvalue weighted by Crippen LogP contribution is -2.39. The van der Waals surface area contributed by atoms with Crippen LogP contribution >= 0.6 is 0 Å². The number of ether oxygens (including phenoxy) is 1. The second kappa shape index (κ2) is 9.42. The van der Waals surface area contributed by atoms with E-state index >= 15 is 0 Å². The molecule has 8 nitrogen and oxygen atoms in total. The summed E-state index contributed by atoms with van der Waals surface area (Å²) >= 11 is 0. The maximum Gasteiger partial charge on any atom is 0.264 e. The van der Waals surface area contributed by atoms with E-state index < -0.39 is 15.9 Å². The summed E-state index contributed by atoms with van der Waals surface area (Å²) in [6.07, 6.45) is 0. The van der Waals surface area contributed by atoms with Crippen molar-refractivity contribution in [2.45, 2.75) is 24.8 Å². The van der Waals surface area contributed by atoms with Crippen LogP contribution in [0.1, 0.15) is 24.2 Å². The molecule has 0 saturated heterocycles. The molecule has 0 radical (unpaired) electrons. The molecule has 0 aliphatic heterocycles. The Kier molecular flexibility index (Phi) is 7.22. The van der Waals surface area contributed by atoms with Crippen LogP contribution < -0.4 is 19.7 Å². The van der Waals surface area contributed by atoms with Gasteiger partial charge in [-0.15, -0.1) is 0 Å². The maximum atomic E-state index is 12.9. The van der Waals surface area contributed by atoms with Crippen molar-refractivity contribution in [3.8, 4) is 5.75 Å². The second-order valence-corrected chi connectivity index (χ2v) is 8.54. The van der Waals surface area contributed by atoms with Crippen LogP contribution in [0.3, 0.4) is 0 Å². The predicted octanol–water partition coefficient (Wildman–Crippen LogP) is 1.77. The number of hydrogen-bond donors (Lipinski definition) is 2. The number of amides is 2. The Morgan fingerprint density at radius 3 is 2.28 bits per heavy atom. The fourth-order valence-electron chi connectivity index (χ4n) is 2.59. The van der Waals surface area contributed by atoms with Crippen LogP contribution in [-0.4, -0.2) is 47.0 Å². The average Bonchev–Trinajstić information content (AvgIpc) is 2.71. The molecule has 0 saturated carbocycles.